The average molecular weight is 208 g/mol. The van der Waals surface area contributed by atoms with Crippen molar-refractivity contribution in [2.24, 2.45) is 5.41 Å². The highest BCUT2D eigenvalue weighted by Gasteiger charge is 2.23. The lowest BCUT2D eigenvalue weighted by Crippen LogP contribution is -2.44. The van der Waals surface area contributed by atoms with E-state index in [-0.39, 0.29) is 17.4 Å². The minimum atomic E-state index is -0.377. The molecule has 0 aliphatic rings. The normalized spacial score (nSPS) is 13.9. The van der Waals surface area contributed by atoms with Crippen LogP contribution < -0.4 is 5.32 Å². The van der Waals surface area contributed by atoms with Crippen LogP contribution in [0.5, 0.6) is 0 Å². The van der Waals surface area contributed by atoms with Gasteiger partial charge in [-0.3, -0.25) is 4.79 Å². The fourth-order valence-electron chi connectivity index (χ4n) is 0.728. The van der Waals surface area contributed by atoms with Crippen LogP contribution in [0, 0.1) is 5.41 Å². The van der Waals surface area contributed by atoms with Crippen LogP contribution >= 0.6 is 11.6 Å². The first-order chi connectivity index (χ1) is 5.91. The van der Waals surface area contributed by atoms with Gasteiger partial charge in [0.05, 0.1) is 12.6 Å². The number of nitrogens with one attached hydrogen (secondary N) is 1. The van der Waals surface area contributed by atoms with Crippen LogP contribution in [-0.4, -0.2) is 31.5 Å². The number of rotatable bonds is 4. The minimum absolute atomic E-state index is 0.00444. The molecule has 13 heavy (non-hydrogen) atoms. The Morgan fingerprint density at radius 2 is 2.08 bits per heavy atom. The molecule has 0 rings (SSSR count). The maximum Gasteiger partial charge on any atom is 0.225 e. The monoisotopic (exact) mass is 207 g/mol. The zero-order valence-corrected chi connectivity index (χ0v) is 9.44. The average Bonchev–Trinajstić information content (AvgIpc) is 2.01. The Hall–Kier alpha value is -0.280. The first kappa shape index (κ1) is 12.7. The second-order valence-corrected chi connectivity index (χ2v) is 4.34. The van der Waals surface area contributed by atoms with E-state index < -0.39 is 0 Å². The van der Waals surface area contributed by atoms with Crippen LogP contribution in [0.25, 0.3) is 0 Å². The standard InChI is InChI=1S/C9H18ClNO2/c1-9(2,3)8(12)11-7(5-10)6-13-4/h7H,5-6H2,1-4H3,(H,11,12). The van der Waals surface area contributed by atoms with Crippen molar-refractivity contribution in [3.05, 3.63) is 0 Å². The number of hydrogen-bond donors (Lipinski definition) is 1. The molecule has 0 heterocycles. The van der Waals surface area contributed by atoms with Gasteiger partial charge >= 0.3 is 0 Å². The summed E-state index contributed by atoms with van der Waals surface area (Å²) in [4.78, 5) is 11.5. The van der Waals surface area contributed by atoms with E-state index in [9.17, 15) is 4.79 Å². The lowest BCUT2D eigenvalue weighted by Gasteiger charge is -2.22. The van der Waals surface area contributed by atoms with Crippen LogP contribution in [0.2, 0.25) is 0 Å². The number of methoxy groups -OCH3 is 1. The van der Waals surface area contributed by atoms with Crippen molar-refractivity contribution in [2.75, 3.05) is 19.6 Å². The highest BCUT2D eigenvalue weighted by Crippen LogP contribution is 2.12. The third-order valence-electron chi connectivity index (χ3n) is 1.57. The Labute approximate surface area is 84.8 Å². The molecule has 3 nitrogen and oxygen atoms in total. The molecule has 4 heteroatoms. The summed E-state index contributed by atoms with van der Waals surface area (Å²) in [6, 6.07) is -0.0987. The molecule has 0 saturated heterocycles. The largest absolute Gasteiger partial charge is 0.383 e. The molecule has 0 saturated carbocycles. The summed E-state index contributed by atoms with van der Waals surface area (Å²) >= 11 is 5.65. The van der Waals surface area contributed by atoms with Crippen LogP contribution in [0.4, 0.5) is 0 Å². The SMILES string of the molecule is COCC(CCl)NC(=O)C(C)(C)C. The number of carbonyl (C=O) groups excluding carboxylic acids is 1. The van der Waals surface area contributed by atoms with Gasteiger partial charge in [-0.05, 0) is 0 Å². The third kappa shape index (κ3) is 5.11. The Bertz CT molecular complexity index is 165. The number of alkyl halides is 1. The van der Waals surface area contributed by atoms with E-state index in [1.807, 2.05) is 20.8 Å². The smallest absolute Gasteiger partial charge is 0.225 e. The van der Waals surface area contributed by atoms with Crippen molar-refractivity contribution in [2.45, 2.75) is 26.8 Å². The molecule has 0 fully saturated rings. The van der Waals surface area contributed by atoms with Crippen molar-refractivity contribution in [3.8, 4) is 0 Å². The van der Waals surface area contributed by atoms with Gasteiger partial charge in [0.25, 0.3) is 0 Å². The summed E-state index contributed by atoms with van der Waals surface area (Å²) in [6.45, 7) is 6.03. The van der Waals surface area contributed by atoms with Crippen molar-refractivity contribution in [1.82, 2.24) is 5.32 Å². The van der Waals surface area contributed by atoms with Gasteiger partial charge in [0, 0.05) is 18.4 Å². The molecule has 1 N–H and O–H groups in total. The van der Waals surface area contributed by atoms with E-state index in [1.165, 1.54) is 0 Å². The molecule has 0 bridgehead atoms. The molecule has 1 unspecified atom stereocenters. The highest BCUT2D eigenvalue weighted by atomic mass is 35.5. The van der Waals surface area contributed by atoms with E-state index in [1.54, 1.807) is 7.11 Å². The summed E-state index contributed by atoms with van der Waals surface area (Å²) in [5.41, 5.74) is -0.377. The zero-order valence-electron chi connectivity index (χ0n) is 8.69. The summed E-state index contributed by atoms with van der Waals surface area (Å²) in [5.74, 6) is 0.366. The summed E-state index contributed by atoms with van der Waals surface area (Å²) in [5, 5.41) is 2.81. The summed E-state index contributed by atoms with van der Waals surface area (Å²) < 4.78 is 4.91. The van der Waals surface area contributed by atoms with Crippen LogP contribution in [0.15, 0.2) is 0 Å². The number of ether oxygens (including phenoxy) is 1. The fraction of sp³-hybridized carbons (Fsp3) is 0.889. The highest BCUT2D eigenvalue weighted by molar-refractivity contribution is 6.18. The number of halogens is 1. The van der Waals surface area contributed by atoms with Crippen LogP contribution in [0.3, 0.4) is 0 Å². The van der Waals surface area contributed by atoms with E-state index in [0.29, 0.717) is 12.5 Å². The van der Waals surface area contributed by atoms with E-state index in [4.69, 9.17) is 16.3 Å². The molecule has 0 aromatic rings. The van der Waals surface area contributed by atoms with Crippen molar-refractivity contribution in [3.63, 3.8) is 0 Å². The molecule has 1 amide bonds. The third-order valence-corrected chi connectivity index (χ3v) is 1.94. The van der Waals surface area contributed by atoms with Crippen molar-refractivity contribution in [1.29, 1.82) is 0 Å². The van der Waals surface area contributed by atoms with Gasteiger partial charge in [0.15, 0.2) is 0 Å². The van der Waals surface area contributed by atoms with E-state index >= 15 is 0 Å². The lowest BCUT2D eigenvalue weighted by molar-refractivity contribution is -0.129. The van der Waals surface area contributed by atoms with Gasteiger partial charge in [0.1, 0.15) is 0 Å². The fourth-order valence-corrected chi connectivity index (χ4v) is 0.894. The predicted octanol–water partition coefficient (Wildman–Crippen LogP) is 1.40. The van der Waals surface area contributed by atoms with Gasteiger partial charge in [-0.25, -0.2) is 0 Å². The molecule has 0 aliphatic heterocycles. The Morgan fingerprint density at radius 1 is 1.54 bits per heavy atom. The van der Waals surface area contributed by atoms with Crippen molar-refractivity contribution < 1.29 is 9.53 Å². The Kier molecular flexibility index (Phi) is 5.33. The maximum atomic E-state index is 11.5. The maximum absolute atomic E-state index is 11.5. The first-order valence-electron chi connectivity index (χ1n) is 4.27. The van der Waals surface area contributed by atoms with Gasteiger partial charge in [-0.15, -0.1) is 11.6 Å². The quantitative estimate of drug-likeness (QED) is 0.708. The molecule has 0 radical (unpaired) electrons. The molecule has 0 aromatic heterocycles. The second-order valence-electron chi connectivity index (χ2n) is 4.03. The Morgan fingerprint density at radius 3 is 2.38 bits per heavy atom. The molecule has 0 aromatic carbocycles. The topological polar surface area (TPSA) is 38.3 Å². The molecular weight excluding hydrogens is 190 g/mol. The molecule has 0 aliphatic carbocycles. The lowest BCUT2D eigenvalue weighted by atomic mass is 9.95. The molecule has 78 valence electrons. The van der Waals surface area contributed by atoms with E-state index in [2.05, 4.69) is 5.32 Å². The van der Waals surface area contributed by atoms with Gasteiger partial charge in [-0.2, -0.15) is 0 Å². The van der Waals surface area contributed by atoms with Crippen LogP contribution in [0.1, 0.15) is 20.8 Å². The molecule has 0 spiro atoms. The van der Waals surface area contributed by atoms with Crippen LogP contribution in [-0.2, 0) is 9.53 Å². The minimum Gasteiger partial charge on any atom is -0.383 e. The number of carbonyl (C=O) groups is 1. The second kappa shape index (κ2) is 5.45. The molecular formula is C9H18ClNO2. The van der Waals surface area contributed by atoms with Gasteiger partial charge in [0.2, 0.25) is 5.91 Å². The van der Waals surface area contributed by atoms with Crippen molar-refractivity contribution >= 4 is 17.5 Å². The predicted molar refractivity (Wildman–Crippen MR) is 54.0 cm³/mol. The summed E-state index contributed by atoms with van der Waals surface area (Å²) in [7, 11) is 1.59. The van der Waals surface area contributed by atoms with Gasteiger partial charge in [-0.1, -0.05) is 20.8 Å². The first-order valence-corrected chi connectivity index (χ1v) is 4.81. The summed E-state index contributed by atoms with van der Waals surface area (Å²) in [6.07, 6.45) is 0. The Balaban J connectivity index is 4.01. The number of amides is 1. The number of hydrogen-bond acceptors (Lipinski definition) is 2. The molecule has 1 atom stereocenters. The van der Waals surface area contributed by atoms with E-state index in [0.717, 1.165) is 0 Å². The van der Waals surface area contributed by atoms with Gasteiger partial charge < -0.3 is 10.1 Å². The zero-order chi connectivity index (χ0) is 10.5.